The van der Waals surface area contributed by atoms with E-state index in [1.807, 2.05) is 13.0 Å². The van der Waals surface area contributed by atoms with Gasteiger partial charge in [-0.15, -0.1) is 24.0 Å². The first-order valence-electron chi connectivity index (χ1n) is 9.39. The van der Waals surface area contributed by atoms with Crippen LogP contribution in [0.15, 0.2) is 52.4 Å². The zero-order chi connectivity index (χ0) is 21.4. The molecule has 0 fully saturated rings. The molecule has 0 heterocycles. The third kappa shape index (κ3) is 7.75. The van der Waals surface area contributed by atoms with Crippen LogP contribution in [-0.4, -0.2) is 40.3 Å². The van der Waals surface area contributed by atoms with Crippen molar-refractivity contribution in [2.75, 3.05) is 19.8 Å². The predicted octanol–water partition coefficient (Wildman–Crippen LogP) is 3.68. The number of nitrogens with one attached hydrogen (secondary N) is 2. The van der Waals surface area contributed by atoms with Gasteiger partial charge in [-0.1, -0.05) is 31.2 Å². The molecule has 1 atom stereocenters. The second-order valence-corrected chi connectivity index (χ2v) is 8.74. The minimum atomic E-state index is -3.23. The fourth-order valence-corrected chi connectivity index (χ4v) is 3.80. The summed E-state index contributed by atoms with van der Waals surface area (Å²) in [5.74, 6) is 0.414. The molecule has 0 saturated heterocycles. The largest absolute Gasteiger partial charge is 0.486 e. The number of halogens is 2. The summed E-state index contributed by atoms with van der Waals surface area (Å²) in [6, 6.07) is 11.6. The third-order valence-corrected chi connectivity index (χ3v) is 5.66. The van der Waals surface area contributed by atoms with Crippen LogP contribution in [0.5, 0.6) is 5.75 Å². The Labute approximate surface area is 195 Å². The van der Waals surface area contributed by atoms with Crippen molar-refractivity contribution in [3.05, 3.63) is 59.4 Å². The summed E-state index contributed by atoms with van der Waals surface area (Å²) in [5, 5.41) is 6.36. The Morgan fingerprint density at radius 2 is 1.90 bits per heavy atom. The number of nitrogens with zero attached hydrogens (tertiary/aromatic N) is 1. The van der Waals surface area contributed by atoms with Crippen LogP contribution in [0.1, 0.15) is 24.5 Å². The predicted molar refractivity (Wildman–Crippen MR) is 129 cm³/mol. The van der Waals surface area contributed by atoms with Crippen LogP contribution >= 0.6 is 24.0 Å². The van der Waals surface area contributed by atoms with Crippen LogP contribution in [0.4, 0.5) is 4.39 Å². The smallest absolute Gasteiger partial charge is 0.191 e. The molecule has 2 aromatic rings. The van der Waals surface area contributed by atoms with Crippen molar-refractivity contribution in [3.8, 4) is 5.75 Å². The summed E-state index contributed by atoms with van der Waals surface area (Å²) < 4.78 is 43.0. The highest BCUT2D eigenvalue weighted by atomic mass is 127. The lowest BCUT2D eigenvalue weighted by Gasteiger charge is -2.20. The summed E-state index contributed by atoms with van der Waals surface area (Å²) in [4.78, 5) is 4.52. The van der Waals surface area contributed by atoms with Crippen LogP contribution < -0.4 is 15.4 Å². The molecule has 2 N–H and O–H groups in total. The van der Waals surface area contributed by atoms with E-state index in [2.05, 4.69) is 15.6 Å². The molecule has 0 aliphatic heterocycles. The van der Waals surface area contributed by atoms with Gasteiger partial charge in [0.05, 0.1) is 11.4 Å². The van der Waals surface area contributed by atoms with E-state index < -0.39 is 9.84 Å². The summed E-state index contributed by atoms with van der Waals surface area (Å²) in [7, 11) is -1.57. The third-order valence-electron chi connectivity index (χ3n) is 4.41. The summed E-state index contributed by atoms with van der Waals surface area (Å²) in [6.07, 6.45) is 1.68. The first kappa shape index (κ1) is 26.2. The number of guanidine groups is 1. The molecule has 0 aromatic heterocycles. The van der Waals surface area contributed by atoms with Gasteiger partial charge in [0, 0.05) is 19.8 Å². The molecule has 0 radical (unpaired) electrons. The monoisotopic (exact) mass is 549 g/mol. The van der Waals surface area contributed by atoms with Gasteiger partial charge in [0.25, 0.3) is 0 Å². The van der Waals surface area contributed by atoms with E-state index in [0.29, 0.717) is 35.9 Å². The number of ether oxygens (including phenoxy) is 1. The fourth-order valence-electron chi connectivity index (χ4n) is 2.84. The number of benzene rings is 2. The Hall–Kier alpha value is -1.88. The molecule has 9 heteroatoms. The standard InChI is InChI=1S/C21H28FN3O3S.HI/c1-5-17(28-19-9-7-6-8-18(19)22)14-25-21(23-3)24-13-16-10-11-20(15(2)12-16)29(4,26)27;/h6-12,17H,5,13-14H2,1-4H3,(H2,23,24,25);1H. The maximum absolute atomic E-state index is 13.8. The minimum absolute atomic E-state index is 0. The number of hydrogen-bond acceptors (Lipinski definition) is 4. The van der Waals surface area contributed by atoms with Crippen molar-refractivity contribution in [2.45, 2.75) is 37.8 Å². The molecule has 2 rings (SSSR count). The number of rotatable bonds is 8. The maximum Gasteiger partial charge on any atom is 0.191 e. The lowest BCUT2D eigenvalue weighted by molar-refractivity contribution is 0.191. The Morgan fingerprint density at radius 1 is 1.20 bits per heavy atom. The van der Waals surface area contributed by atoms with Gasteiger partial charge >= 0.3 is 0 Å². The van der Waals surface area contributed by atoms with Crippen molar-refractivity contribution in [1.29, 1.82) is 0 Å². The number of aryl methyl sites for hydroxylation is 1. The van der Waals surface area contributed by atoms with Crippen molar-refractivity contribution in [1.82, 2.24) is 10.6 Å². The lowest BCUT2D eigenvalue weighted by atomic mass is 10.1. The molecule has 0 amide bonds. The van der Waals surface area contributed by atoms with Crippen molar-refractivity contribution in [2.24, 2.45) is 4.99 Å². The van der Waals surface area contributed by atoms with E-state index in [1.54, 1.807) is 44.3 Å². The van der Waals surface area contributed by atoms with Crippen molar-refractivity contribution >= 4 is 39.8 Å². The average Bonchev–Trinajstić information content (AvgIpc) is 2.67. The topological polar surface area (TPSA) is 79.8 Å². The number of aliphatic imine (C=N–C) groups is 1. The van der Waals surface area contributed by atoms with E-state index >= 15 is 0 Å². The summed E-state index contributed by atoms with van der Waals surface area (Å²) in [5.41, 5.74) is 1.64. The van der Waals surface area contributed by atoms with Gasteiger partial charge in [-0.3, -0.25) is 4.99 Å². The highest BCUT2D eigenvalue weighted by molar-refractivity contribution is 14.0. The van der Waals surface area contributed by atoms with Crippen LogP contribution in [0.2, 0.25) is 0 Å². The SMILES string of the molecule is CCC(CNC(=NC)NCc1ccc(S(C)(=O)=O)c(C)c1)Oc1ccccc1F.I. The van der Waals surface area contributed by atoms with Crippen molar-refractivity contribution < 1.29 is 17.5 Å². The Kier molecular flexibility index (Phi) is 10.5. The second kappa shape index (κ2) is 12.1. The van der Waals surface area contributed by atoms with Crippen LogP contribution in [0.25, 0.3) is 0 Å². The summed E-state index contributed by atoms with van der Waals surface area (Å²) >= 11 is 0. The molecular formula is C21H29FIN3O3S. The normalized spacial score (nSPS) is 12.6. The van der Waals surface area contributed by atoms with E-state index in [0.717, 1.165) is 5.56 Å². The zero-order valence-corrected chi connectivity index (χ0v) is 20.8. The van der Waals surface area contributed by atoms with Crippen LogP contribution in [0.3, 0.4) is 0 Å². The minimum Gasteiger partial charge on any atom is -0.486 e. The maximum atomic E-state index is 13.8. The fraction of sp³-hybridized carbons (Fsp3) is 0.381. The van der Waals surface area contributed by atoms with Gasteiger partial charge in [0.15, 0.2) is 27.4 Å². The first-order chi connectivity index (χ1) is 13.7. The van der Waals surface area contributed by atoms with E-state index in [4.69, 9.17) is 4.74 Å². The number of para-hydroxylation sites is 1. The van der Waals surface area contributed by atoms with Crippen LogP contribution in [-0.2, 0) is 16.4 Å². The Morgan fingerprint density at radius 3 is 2.47 bits per heavy atom. The zero-order valence-electron chi connectivity index (χ0n) is 17.6. The van der Waals surface area contributed by atoms with Gasteiger partial charge in [-0.05, 0) is 42.7 Å². The highest BCUT2D eigenvalue weighted by Gasteiger charge is 2.13. The highest BCUT2D eigenvalue weighted by Crippen LogP contribution is 2.18. The molecule has 0 bridgehead atoms. The van der Waals surface area contributed by atoms with Gasteiger partial charge in [-0.25, -0.2) is 12.8 Å². The lowest BCUT2D eigenvalue weighted by Crippen LogP contribution is -2.42. The van der Waals surface area contributed by atoms with Crippen LogP contribution in [0, 0.1) is 12.7 Å². The van der Waals surface area contributed by atoms with Crippen molar-refractivity contribution in [3.63, 3.8) is 0 Å². The van der Waals surface area contributed by atoms with E-state index in [1.165, 1.54) is 12.3 Å². The van der Waals surface area contributed by atoms with Gasteiger partial charge in [-0.2, -0.15) is 0 Å². The molecule has 0 spiro atoms. The molecule has 6 nitrogen and oxygen atoms in total. The molecule has 0 aliphatic carbocycles. The van der Waals surface area contributed by atoms with Gasteiger partial charge < -0.3 is 15.4 Å². The first-order valence-corrected chi connectivity index (χ1v) is 11.3. The average molecular weight is 549 g/mol. The van der Waals surface area contributed by atoms with Gasteiger partial charge in [0.1, 0.15) is 6.10 Å². The number of sulfone groups is 1. The molecule has 0 saturated carbocycles. The Balaban J connectivity index is 0.00000450. The molecule has 30 heavy (non-hydrogen) atoms. The quantitative estimate of drug-likeness (QED) is 0.299. The molecule has 166 valence electrons. The molecule has 1 unspecified atom stereocenters. The number of hydrogen-bond donors (Lipinski definition) is 2. The molecule has 2 aromatic carbocycles. The van der Waals surface area contributed by atoms with Gasteiger partial charge in [0.2, 0.25) is 0 Å². The molecule has 0 aliphatic rings. The summed E-state index contributed by atoms with van der Waals surface area (Å²) in [6.45, 7) is 4.68. The Bertz CT molecular complexity index is 968. The molecular weight excluding hydrogens is 520 g/mol. The van der Waals surface area contributed by atoms with E-state index in [-0.39, 0.29) is 41.6 Å². The van der Waals surface area contributed by atoms with E-state index in [9.17, 15) is 12.8 Å². The second-order valence-electron chi connectivity index (χ2n) is 6.76.